The molecule has 0 saturated heterocycles. The summed E-state index contributed by atoms with van der Waals surface area (Å²) in [5, 5.41) is 3.86. The Labute approximate surface area is 80.7 Å². The number of nitrogens with zero attached hydrogens (tertiary/aromatic N) is 2. The molecule has 12 heavy (non-hydrogen) atoms. The van der Waals surface area contributed by atoms with Gasteiger partial charge in [0.1, 0.15) is 5.52 Å². The van der Waals surface area contributed by atoms with Gasteiger partial charge in [0.05, 0.1) is 4.70 Å². The number of carbonyl (C=O) groups excluding carboxylic acids is 1. The number of benzene rings is 1. The Balaban J connectivity index is 2.91. The molecule has 0 aliphatic carbocycles. The van der Waals surface area contributed by atoms with Gasteiger partial charge in [-0.25, -0.2) is 0 Å². The largest absolute Gasteiger partial charge is 0.298 e. The van der Waals surface area contributed by atoms with Gasteiger partial charge in [-0.15, -0.1) is 5.10 Å². The molecule has 1 aromatic heterocycles. The summed E-state index contributed by atoms with van der Waals surface area (Å²) < 4.78 is 5.62. The Bertz CT molecular complexity index is 440. The Morgan fingerprint density at radius 2 is 2.33 bits per heavy atom. The van der Waals surface area contributed by atoms with Crippen LogP contribution in [-0.2, 0) is 0 Å². The molecule has 0 fully saturated rings. The third-order valence-corrected chi connectivity index (χ3v) is 3.20. The molecule has 0 atom stereocenters. The third kappa shape index (κ3) is 1.05. The number of hydrogen-bond acceptors (Lipinski definition) is 4. The van der Waals surface area contributed by atoms with Gasteiger partial charge in [0.25, 0.3) is 0 Å². The maximum atomic E-state index is 10.6. The standard InChI is InChI=1S/C7H3BrN2OS/c8-5-2-1-4(3-11)6-7(5)12-10-9-6/h1-3H. The van der Waals surface area contributed by atoms with Gasteiger partial charge < -0.3 is 0 Å². The Hall–Kier alpha value is -0.810. The molecule has 2 rings (SSSR count). The van der Waals surface area contributed by atoms with Crippen molar-refractivity contribution in [2.24, 2.45) is 0 Å². The van der Waals surface area contributed by atoms with Gasteiger partial charge in [-0.2, -0.15) is 0 Å². The van der Waals surface area contributed by atoms with E-state index in [1.165, 1.54) is 11.5 Å². The number of halogens is 1. The topological polar surface area (TPSA) is 42.9 Å². The smallest absolute Gasteiger partial charge is 0.152 e. The van der Waals surface area contributed by atoms with E-state index in [4.69, 9.17) is 0 Å². The van der Waals surface area contributed by atoms with Crippen molar-refractivity contribution in [3.63, 3.8) is 0 Å². The minimum atomic E-state index is 0.585. The highest BCUT2D eigenvalue weighted by atomic mass is 79.9. The number of aldehydes is 1. The highest BCUT2D eigenvalue weighted by Gasteiger charge is 2.06. The third-order valence-electron chi connectivity index (χ3n) is 1.51. The molecule has 0 amide bonds. The van der Waals surface area contributed by atoms with Crippen LogP contribution in [0.3, 0.4) is 0 Å². The Kier molecular flexibility index (Phi) is 1.90. The van der Waals surface area contributed by atoms with Crippen LogP contribution in [0.4, 0.5) is 0 Å². The lowest BCUT2D eigenvalue weighted by molar-refractivity contribution is 0.112. The van der Waals surface area contributed by atoms with Crippen molar-refractivity contribution in [3.8, 4) is 0 Å². The van der Waals surface area contributed by atoms with Crippen LogP contribution in [0.2, 0.25) is 0 Å². The predicted molar refractivity (Wildman–Crippen MR) is 50.5 cm³/mol. The molecule has 2 aromatic rings. The summed E-state index contributed by atoms with van der Waals surface area (Å²) in [7, 11) is 0. The lowest BCUT2D eigenvalue weighted by Gasteiger charge is -1.92. The second-order valence-electron chi connectivity index (χ2n) is 2.21. The second kappa shape index (κ2) is 2.91. The van der Waals surface area contributed by atoms with Gasteiger partial charge >= 0.3 is 0 Å². The van der Waals surface area contributed by atoms with E-state index < -0.39 is 0 Å². The number of rotatable bonds is 1. The summed E-state index contributed by atoms with van der Waals surface area (Å²) in [5.74, 6) is 0. The SMILES string of the molecule is O=Cc1ccc(Br)c2snnc12. The van der Waals surface area contributed by atoms with Crippen molar-refractivity contribution in [2.75, 3.05) is 0 Å². The Morgan fingerprint density at radius 1 is 1.50 bits per heavy atom. The molecule has 60 valence electrons. The van der Waals surface area contributed by atoms with Crippen molar-refractivity contribution in [1.29, 1.82) is 0 Å². The fourth-order valence-corrected chi connectivity index (χ4v) is 2.09. The molecule has 0 bridgehead atoms. The zero-order valence-corrected chi connectivity index (χ0v) is 8.22. The first-order valence-corrected chi connectivity index (χ1v) is 4.75. The zero-order chi connectivity index (χ0) is 8.55. The van der Waals surface area contributed by atoms with E-state index in [0.29, 0.717) is 11.1 Å². The zero-order valence-electron chi connectivity index (χ0n) is 5.82. The average Bonchev–Trinajstić information content (AvgIpc) is 2.54. The molecule has 3 nitrogen and oxygen atoms in total. The number of carbonyl (C=O) groups is 1. The maximum Gasteiger partial charge on any atom is 0.152 e. The van der Waals surface area contributed by atoms with Crippen LogP contribution in [-0.4, -0.2) is 15.9 Å². The fraction of sp³-hybridized carbons (Fsp3) is 0. The number of hydrogen-bond donors (Lipinski definition) is 0. The van der Waals surface area contributed by atoms with Gasteiger partial charge in [0.2, 0.25) is 0 Å². The molecule has 1 heterocycles. The highest BCUT2D eigenvalue weighted by Crippen LogP contribution is 2.27. The molecule has 0 saturated carbocycles. The molecule has 0 N–H and O–H groups in total. The van der Waals surface area contributed by atoms with Crippen LogP contribution in [0.1, 0.15) is 10.4 Å². The van der Waals surface area contributed by atoms with Crippen LogP contribution < -0.4 is 0 Å². The summed E-state index contributed by atoms with van der Waals surface area (Å²) in [4.78, 5) is 10.6. The van der Waals surface area contributed by atoms with Gasteiger partial charge in [-0.1, -0.05) is 4.49 Å². The summed E-state index contributed by atoms with van der Waals surface area (Å²) >= 11 is 4.63. The van der Waals surface area contributed by atoms with Crippen LogP contribution in [0.25, 0.3) is 10.2 Å². The molecule has 0 aliphatic rings. The Morgan fingerprint density at radius 3 is 3.08 bits per heavy atom. The molecule has 0 unspecified atom stereocenters. The van der Waals surface area contributed by atoms with Gasteiger partial charge in [-0.05, 0) is 39.6 Å². The molecule has 0 aliphatic heterocycles. The van der Waals surface area contributed by atoms with Crippen LogP contribution in [0.5, 0.6) is 0 Å². The number of fused-ring (bicyclic) bond motifs is 1. The molecular formula is C7H3BrN2OS. The second-order valence-corrected chi connectivity index (χ2v) is 3.81. The normalized spacial score (nSPS) is 10.4. The molecule has 5 heteroatoms. The summed E-state index contributed by atoms with van der Waals surface area (Å²) in [6.45, 7) is 0. The molecule has 0 radical (unpaired) electrons. The van der Waals surface area contributed by atoms with Crippen molar-refractivity contribution in [3.05, 3.63) is 22.2 Å². The monoisotopic (exact) mass is 242 g/mol. The summed E-state index contributed by atoms with van der Waals surface area (Å²) in [6.07, 6.45) is 0.788. The van der Waals surface area contributed by atoms with Crippen molar-refractivity contribution in [1.82, 2.24) is 9.59 Å². The lowest BCUT2D eigenvalue weighted by Crippen LogP contribution is -1.82. The average molecular weight is 243 g/mol. The fourth-order valence-electron chi connectivity index (χ4n) is 0.949. The minimum absolute atomic E-state index is 0.585. The van der Waals surface area contributed by atoms with Crippen LogP contribution in [0.15, 0.2) is 16.6 Å². The molecule has 1 aromatic carbocycles. The highest BCUT2D eigenvalue weighted by molar-refractivity contribution is 9.10. The van der Waals surface area contributed by atoms with E-state index in [1.807, 2.05) is 6.07 Å². The quantitative estimate of drug-likeness (QED) is 0.721. The molecular weight excluding hydrogens is 240 g/mol. The first-order valence-electron chi connectivity index (χ1n) is 3.18. The van der Waals surface area contributed by atoms with Gasteiger partial charge in [0.15, 0.2) is 6.29 Å². The van der Waals surface area contributed by atoms with Gasteiger partial charge in [-0.3, -0.25) is 4.79 Å². The lowest BCUT2D eigenvalue weighted by atomic mass is 10.2. The summed E-state index contributed by atoms with van der Waals surface area (Å²) in [6, 6.07) is 3.55. The number of aromatic nitrogens is 2. The predicted octanol–water partition coefficient (Wildman–Crippen LogP) is 2.27. The van der Waals surface area contributed by atoms with Crippen LogP contribution in [0, 0.1) is 0 Å². The van der Waals surface area contributed by atoms with E-state index in [1.54, 1.807) is 6.07 Å². The van der Waals surface area contributed by atoms with E-state index in [2.05, 4.69) is 25.5 Å². The van der Waals surface area contributed by atoms with Crippen molar-refractivity contribution < 1.29 is 4.79 Å². The molecule has 0 spiro atoms. The van der Waals surface area contributed by atoms with Crippen molar-refractivity contribution in [2.45, 2.75) is 0 Å². The summed E-state index contributed by atoms with van der Waals surface area (Å²) in [5.41, 5.74) is 1.26. The van der Waals surface area contributed by atoms with E-state index >= 15 is 0 Å². The van der Waals surface area contributed by atoms with E-state index in [9.17, 15) is 4.79 Å². The van der Waals surface area contributed by atoms with Crippen LogP contribution >= 0.6 is 27.5 Å². The first kappa shape index (κ1) is 7.82. The van der Waals surface area contributed by atoms with E-state index in [0.717, 1.165) is 15.5 Å². The first-order chi connectivity index (χ1) is 5.83. The van der Waals surface area contributed by atoms with Gasteiger partial charge in [0, 0.05) is 10.0 Å². The minimum Gasteiger partial charge on any atom is -0.298 e. The van der Waals surface area contributed by atoms with E-state index in [-0.39, 0.29) is 0 Å². The maximum absolute atomic E-state index is 10.6. The van der Waals surface area contributed by atoms with Crippen molar-refractivity contribution >= 4 is 44.0 Å².